The first-order valence-corrected chi connectivity index (χ1v) is 7.46. The second-order valence-electron chi connectivity index (χ2n) is 7.91. The summed E-state index contributed by atoms with van der Waals surface area (Å²) in [6, 6.07) is 0.462. The maximum absolute atomic E-state index is 10.8. The predicted octanol–water partition coefficient (Wildman–Crippen LogP) is 3.41. The molecular formula is C16H26N2O3. The van der Waals surface area contributed by atoms with Crippen molar-refractivity contribution in [2.45, 2.75) is 59.5 Å². The van der Waals surface area contributed by atoms with Crippen molar-refractivity contribution in [3.63, 3.8) is 0 Å². The van der Waals surface area contributed by atoms with Crippen LogP contribution in [0.25, 0.3) is 0 Å². The van der Waals surface area contributed by atoms with Crippen molar-refractivity contribution in [1.82, 2.24) is 9.88 Å². The Morgan fingerprint density at radius 3 is 2.43 bits per heavy atom. The third kappa shape index (κ3) is 4.06. The summed E-state index contributed by atoms with van der Waals surface area (Å²) < 4.78 is 5.26. The van der Waals surface area contributed by atoms with Crippen LogP contribution in [0.2, 0.25) is 0 Å². The van der Waals surface area contributed by atoms with Gasteiger partial charge in [0.25, 0.3) is 0 Å². The molecule has 2 rings (SSSR count). The molecule has 1 aliphatic rings. The lowest BCUT2D eigenvalue weighted by Crippen LogP contribution is -2.44. The van der Waals surface area contributed by atoms with Crippen molar-refractivity contribution >= 4 is 5.97 Å². The molecule has 1 aliphatic carbocycles. The molecule has 1 N–H and O–H groups in total. The van der Waals surface area contributed by atoms with E-state index in [1.54, 1.807) is 0 Å². The van der Waals surface area contributed by atoms with Crippen molar-refractivity contribution < 1.29 is 14.3 Å². The molecule has 118 valence electrons. The highest BCUT2D eigenvalue weighted by Crippen LogP contribution is 2.47. The number of hydrogen-bond acceptors (Lipinski definition) is 4. The first-order valence-electron chi connectivity index (χ1n) is 7.46. The molecule has 0 unspecified atom stereocenters. The van der Waals surface area contributed by atoms with Gasteiger partial charge in [-0.3, -0.25) is 4.90 Å². The van der Waals surface area contributed by atoms with Crippen molar-refractivity contribution in [2.75, 3.05) is 7.05 Å². The molecule has 1 aromatic rings. The number of carboxylic acids is 1. The molecule has 0 spiro atoms. The van der Waals surface area contributed by atoms with E-state index in [9.17, 15) is 4.79 Å². The van der Waals surface area contributed by atoms with E-state index in [-0.39, 0.29) is 5.69 Å². The number of carbonyl (C=O) groups is 1. The quantitative estimate of drug-likeness (QED) is 0.921. The van der Waals surface area contributed by atoms with E-state index in [0.717, 1.165) is 12.8 Å². The van der Waals surface area contributed by atoms with Gasteiger partial charge in [0.15, 0.2) is 5.69 Å². The van der Waals surface area contributed by atoms with Crippen LogP contribution in [0, 0.1) is 10.8 Å². The monoisotopic (exact) mass is 294 g/mol. The van der Waals surface area contributed by atoms with Crippen molar-refractivity contribution in [3.05, 3.63) is 17.8 Å². The van der Waals surface area contributed by atoms with Crippen LogP contribution < -0.4 is 0 Å². The summed E-state index contributed by atoms with van der Waals surface area (Å²) >= 11 is 0. The van der Waals surface area contributed by atoms with Crippen molar-refractivity contribution in [3.8, 4) is 0 Å². The fourth-order valence-corrected chi connectivity index (χ4v) is 3.92. The largest absolute Gasteiger partial charge is 0.476 e. The SMILES string of the molecule is CN(Cc1nc(C(=O)O)co1)C1CC(C)(C)CC(C)(C)C1. The van der Waals surface area contributed by atoms with Gasteiger partial charge in [0.2, 0.25) is 5.89 Å². The maximum Gasteiger partial charge on any atom is 0.357 e. The molecule has 1 heterocycles. The summed E-state index contributed by atoms with van der Waals surface area (Å²) in [5.74, 6) is -0.580. The van der Waals surface area contributed by atoms with Crippen LogP contribution in [0.15, 0.2) is 10.7 Å². The molecule has 0 amide bonds. The van der Waals surface area contributed by atoms with Gasteiger partial charge in [0, 0.05) is 6.04 Å². The zero-order chi connectivity index (χ0) is 15.8. The summed E-state index contributed by atoms with van der Waals surface area (Å²) in [6.07, 6.45) is 4.71. The van der Waals surface area contributed by atoms with Crippen LogP contribution in [-0.4, -0.2) is 34.0 Å². The van der Waals surface area contributed by atoms with Crippen LogP contribution in [0.1, 0.15) is 63.3 Å². The molecule has 0 aliphatic heterocycles. The molecule has 0 bridgehead atoms. The van der Waals surface area contributed by atoms with Crippen molar-refractivity contribution in [1.29, 1.82) is 0 Å². The molecule has 1 aromatic heterocycles. The predicted molar refractivity (Wildman–Crippen MR) is 80.1 cm³/mol. The molecule has 0 aromatic carbocycles. The lowest BCUT2D eigenvalue weighted by Gasteiger charge is -2.47. The van der Waals surface area contributed by atoms with Gasteiger partial charge in [-0.1, -0.05) is 27.7 Å². The molecule has 5 nitrogen and oxygen atoms in total. The van der Waals surface area contributed by atoms with E-state index < -0.39 is 5.97 Å². The Bertz CT molecular complexity index is 503. The minimum Gasteiger partial charge on any atom is -0.476 e. The molecule has 0 radical (unpaired) electrons. The smallest absolute Gasteiger partial charge is 0.357 e. The Morgan fingerprint density at radius 2 is 1.95 bits per heavy atom. The van der Waals surface area contributed by atoms with E-state index in [0.29, 0.717) is 29.3 Å². The first kappa shape index (κ1) is 16.0. The third-order valence-electron chi connectivity index (χ3n) is 4.31. The number of rotatable bonds is 4. The molecular weight excluding hydrogens is 268 g/mol. The highest BCUT2D eigenvalue weighted by Gasteiger charge is 2.39. The average molecular weight is 294 g/mol. The fraction of sp³-hybridized carbons (Fsp3) is 0.750. The van der Waals surface area contributed by atoms with Crippen LogP contribution >= 0.6 is 0 Å². The fourth-order valence-electron chi connectivity index (χ4n) is 3.92. The summed E-state index contributed by atoms with van der Waals surface area (Å²) in [5.41, 5.74) is 0.621. The average Bonchev–Trinajstić information content (AvgIpc) is 2.73. The zero-order valence-corrected chi connectivity index (χ0v) is 13.6. The van der Waals surface area contributed by atoms with Crippen LogP contribution in [0.3, 0.4) is 0 Å². The van der Waals surface area contributed by atoms with Crippen LogP contribution in [0.4, 0.5) is 0 Å². The number of hydrogen-bond donors (Lipinski definition) is 1. The van der Waals surface area contributed by atoms with Gasteiger partial charge in [-0.25, -0.2) is 9.78 Å². The normalized spacial score (nSPS) is 21.6. The van der Waals surface area contributed by atoms with Gasteiger partial charge >= 0.3 is 5.97 Å². The molecule has 21 heavy (non-hydrogen) atoms. The number of nitrogens with zero attached hydrogens (tertiary/aromatic N) is 2. The van der Waals surface area contributed by atoms with Gasteiger partial charge in [-0.15, -0.1) is 0 Å². The Kier molecular flexibility index (Phi) is 4.15. The number of oxazole rings is 1. The highest BCUT2D eigenvalue weighted by atomic mass is 16.4. The Labute approximate surface area is 126 Å². The van der Waals surface area contributed by atoms with Crippen molar-refractivity contribution in [2.24, 2.45) is 10.8 Å². The molecule has 0 saturated heterocycles. The summed E-state index contributed by atoms with van der Waals surface area (Å²) in [4.78, 5) is 17.1. The standard InChI is InChI=1S/C16H26N2O3/c1-15(2)6-11(7-16(3,4)10-15)18(5)8-13-17-12(9-21-13)14(19)20/h9,11H,6-8,10H2,1-5H3,(H,19,20). The van der Waals surface area contributed by atoms with Gasteiger partial charge in [0.1, 0.15) is 6.26 Å². The van der Waals surface area contributed by atoms with Gasteiger partial charge < -0.3 is 9.52 Å². The molecule has 1 saturated carbocycles. The van der Waals surface area contributed by atoms with E-state index in [2.05, 4.69) is 44.6 Å². The second kappa shape index (κ2) is 5.44. The van der Waals surface area contributed by atoms with E-state index >= 15 is 0 Å². The van der Waals surface area contributed by atoms with E-state index in [1.165, 1.54) is 12.7 Å². The lowest BCUT2D eigenvalue weighted by atomic mass is 9.63. The second-order valence-corrected chi connectivity index (χ2v) is 7.91. The van der Waals surface area contributed by atoms with Crippen LogP contribution in [0.5, 0.6) is 0 Å². The number of carboxylic acid groups (broad SMARTS) is 1. The zero-order valence-electron chi connectivity index (χ0n) is 13.6. The third-order valence-corrected chi connectivity index (χ3v) is 4.31. The molecule has 1 fully saturated rings. The Morgan fingerprint density at radius 1 is 1.38 bits per heavy atom. The topological polar surface area (TPSA) is 66.6 Å². The Balaban J connectivity index is 2.05. The summed E-state index contributed by atoms with van der Waals surface area (Å²) in [7, 11) is 2.06. The number of aromatic carboxylic acids is 1. The van der Waals surface area contributed by atoms with E-state index in [4.69, 9.17) is 9.52 Å². The summed E-state index contributed by atoms with van der Waals surface area (Å²) in [5, 5.41) is 8.88. The van der Waals surface area contributed by atoms with Gasteiger partial charge in [-0.05, 0) is 37.1 Å². The molecule has 5 heteroatoms. The van der Waals surface area contributed by atoms with E-state index in [1.807, 2.05) is 0 Å². The lowest BCUT2D eigenvalue weighted by molar-refractivity contribution is 0.0294. The number of aromatic nitrogens is 1. The minimum atomic E-state index is -1.05. The first-order chi connectivity index (χ1) is 9.58. The minimum absolute atomic E-state index is 0.0253. The summed E-state index contributed by atoms with van der Waals surface area (Å²) in [6.45, 7) is 9.83. The van der Waals surface area contributed by atoms with Gasteiger partial charge in [-0.2, -0.15) is 0 Å². The van der Waals surface area contributed by atoms with Crippen LogP contribution in [-0.2, 0) is 6.54 Å². The molecule has 0 atom stereocenters. The highest BCUT2D eigenvalue weighted by molar-refractivity contribution is 5.84. The maximum atomic E-state index is 10.8. The van der Waals surface area contributed by atoms with Gasteiger partial charge in [0.05, 0.1) is 6.54 Å². The Hall–Kier alpha value is -1.36.